The fourth-order valence-electron chi connectivity index (χ4n) is 11.0. The van der Waals surface area contributed by atoms with Gasteiger partial charge in [-0.05, 0) is 122 Å². The predicted octanol–water partition coefficient (Wildman–Crippen LogP) is 12.9. The number of carbonyl (C=O) groups excluding carboxylic acids is 1. The maximum atomic E-state index is 12.8. The molecule has 3 nitrogen and oxygen atoms in total. The largest absolute Gasteiger partial charge is 0.514 e. The van der Waals surface area contributed by atoms with Gasteiger partial charge in [0.2, 0.25) is 0 Å². The maximum Gasteiger partial charge on any atom is 0.514 e. The van der Waals surface area contributed by atoms with Crippen molar-refractivity contribution in [2.75, 3.05) is 0 Å². The molecule has 8 atom stereocenters. The van der Waals surface area contributed by atoms with Crippen molar-refractivity contribution in [1.29, 1.82) is 0 Å². The van der Waals surface area contributed by atoms with Crippen molar-refractivity contribution < 1.29 is 14.3 Å². The van der Waals surface area contributed by atoms with E-state index in [1.807, 2.05) is 12.1 Å². The Morgan fingerprint density at radius 1 is 0.848 bits per heavy atom. The van der Waals surface area contributed by atoms with Crippen LogP contribution >= 0.6 is 0 Å². The van der Waals surface area contributed by atoms with E-state index in [9.17, 15) is 4.79 Å². The monoisotopic (exact) mass is 633 g/mol. The first-order valence-electron chi connectivity index (χ1n) is 19.8. The number of benzene rings is 1. The highest BCUT2D eigenvalue weighted by atomic mass is 16.7. The van der Waals surface area contributed by atoms with Crippen molar-refractivity contribution in [3.05, 3.63) is 41.5 Å². The first kappa shape index (κ1) is 35.5. The number of rotatable bonds is 15. The molecule has 5 rings (SSSR count). The molecule has 4 unspecified atom stereocenters. The average Bonchev–Trinajstić information content (AvgIpc) is 3.38. The highest BCUT2D eigenvalue weighted by Gasteiger charge is 2.59. The third-order valence-electron chi connectivity index (χ3n) is 13.7. The summed E-state index contributed by atoms with van der Waals surface area (Å²) in [6.45, 7) is 14.8. The van der Waals surface area contributed by atoms with E-state index >= 15 is 0 Å². The molecule has 0 aliphatic heterocycles. The second-order valence-corrected chi connectivity index (χ2v) is 17.1. The molecule has 46 heavy (non-hydrogen) atoms. The van der Waals surface area contributed by atoms with E-state index in [1.54, 1.807) is 5.57 Å². The number of allylic oxidation sites excluding steroid dienone is 1. The molecule has 3 fully saturated rings. The van der Waals surface area contributed by atoms with Gasteiger partial charge in [-0.3, -0.25) is 0 Å². The first-order chi connectivity index (χ1) is 22.1. The minimum absolute atomic E-state index is 0.0728. The van der Waals surface area contributed by atoms with E-state index in [2.05, 4.69) is 59.8 Å². The van der Waals surface area contributed by atoms with Crippen molar-refractivity contribution in [1.82, 2.24) is 0 Å². The van der Waals surface area contributed by atoms with Gasteiger partial charge in [-0.2, -0.15) is 0 Å². The van der Waals surface area contributed by atoms with Crippen LogP contribution in [-0.4, -0.2) is 12.3 Å². The van der Waals surface area contributed by atoms with Crippen molar-refractivity contribution in [3.63, 3.8) is 0 Å². The predicted molar refractivity (Wildman–Crippen MR) is 192 cm³/mol. The lowest BCUT2D eigenvalue weighted by atomic mass is 9.47. The second-order valence-electron chi connectivity index (χ2n) is 17.1. The van der Waals surface area contributed by atoms with Crippen LogP contribution in [0.15, 0.2) is 35.9 Å². The number of fused-ring (bicyclic) bond motifs is 5. The molecule has 3 heteroatoms. The first-order valence-corrected chi connectivity index (χ1v) is 19.8. The SMILES string of the molecule is CCCCCCCCCc1ccc(OC(=O)OC2CC[C@@]3(C)C(=CCC4C3CC[C@@]3(C)C4CC[C@@H]3[C@H](C)CCCC(C)C)C2)cc1. The topological polar surface area (TPSA) is 35.5 Å². The summed E-state index contributed by atoms with van der Waals surface area (Å²) in [5, 5.41) is 0. The van der Waals surface area contributed by atoms with Crippen LogP contribution in [0.2, 0.25) is 0 Å². The lowest BCUT2D eigenvalue weighted by Crippen LogP contribution is -2.51. The molecule has 0 bridgehead atoms. The standard InChI is InChI=1S/C43H68O3/c1-7-8-9-10-11-12-13-17-33-18-21-35(22-19-33)45-41(44)46-36-26-28-42(5)34(30-36)20-23-37-39-25-24-38(32(4)16-14-15-31(2)3)43(39,6)29-27-40(37)42/h18-22,31-32,36-40H,7-17,23-30H2,1-6H3/t32-,36?,37?,38-,39?,40?,42+,43-/m1/s1. The Morgan fingerprint density at radius 3 is 2.33 bits per heavy atom. The zero-order chi connectivity index (χ0) is 32.7. The Kier molecular flexibility index (Phi) is 12.4. The summed E-state index contributed by atoms with van der Waals surface area (Å²) >= 11 is 0. The van der Waals surface area contributed by atoms with E-state index in [0.29, 0.717) is 11.2 Å². The van der Waals surface area contributed by atoms with E-state index in [-0.39, 0.29) is 11.5 Å². The Bertz CT molecular complexity index is 1140. The minimum Gasteiger partial charge on any atom is -0.430 e. The quantitative estimate of drug-likeness (QED) is 0.0835. The van der Waals surface area contributed by atoms with E-state index in [4.69, 9.17) is 9.47 Å². The molecule has 0 amide bonds. The minimum atomic E-state index is -0.546. The molecular formula is C43H68O3. The molecule has 0 N–H and O–H groups in total. The number of ether oxygens (including phenoxy) is 2. The van der Waals surface area contributed by atoms with Gasteiger partial charge in [0.1, 0.15) is 11.9 Å². The average molecular weight is 633 g/mol. The maximum absolute atomic E-state index is 12.8. The molecular weight excluding hydrogens is 564 g/mol. The Hall–Kier alpha value is -1.77. The number of hydrogen-bond acceptors (Lipinski definition) is 3. The van der Waals surface area contributed by atoms with Crippen LogP contribution in [0.3, 0.4) is 0 Å². The van der Waals surface area contributed by atoms with Gasteiger partial charge in [-0.15, -0.1) is 0 Å². The van der Waals surface area contributed by atoms with Gasteiger partial charge in [0.25, 0.3) is 0 Å². The summed E-state index contributed by atoms with van der Waals surface area (Å²) in [4.78, 5) is 12.8. The third-order valence-corrected chi connectivity index (χ3v) is 13.7. The molecule has 1 aromatic rings. The van der Waals surface area contributed by atoms with Crippen LogP contribution in [0, 0.1) is 46.3 Å². The van der Waals surface area contributed by atoms with Crippen LogP contribution in [0.4, 0.5) is 4.79 Å². The molecule has 1 aromatic carbocycles. The normalized spacial score (nSPS) is 32.7. The second kappa shape index (κ2) is 16.1. The van der Waals surface area contributed by atoms with Gasteiger partial charge in [-0.25, -0.2) is 4.79 Å². The van der Waals surface area contributed by atoms with E-state index < -0.39 is 6.16 Å². The summed E-state index contributed by atoms with van der Waals surface area (Å²) in [6.07, 6.45) is 26.4. The summed E-state index contributed by atoms with van der Waals surface area (Å²) in [7, 11) is 0. The smallest absolute Gasteiger partial charge is 0.430 e. The number of hydrogen-bond donors (Lipinski definition) is 0. The van der Waals surface area contributed by atoms with Crippen LogP contribution in [0.5, 0.6) is 5.75 Å². The Labute approximate surface area is 283 Å². The van der Waals surface area contributed by atoms with Gasteiger partial charge < -0.3 is 9.47 Å². The summed E-state index contributed by atoms with van der Waals surface area (Å²) in [6, 6.07) is 8.06. The molecule has 0 saturated heterocycles. The lowest BCUT2D eigenvalue weighted by molar-refractivity contribution is -0.0597. The van der Waals surface area contributed by atoms with Gasteiger partial charge in [-0.1, -0.05) is 123 Å². The van der Waals surface area contributed by atoms with Crippen molar-refractivity contribution in [2.45, 2.75) is 170 Å². The van der Waals surface area contributed by atoms with E-state index in [0.717, 1.165) is 61.2 Å². The van der Waals surface area contributed by atoms with Crippen LogP contribution in [-0.2, 0) is 11.2 Å². The van der Waals surface area contributed by atoms with Crippen LogP contribution in [0.25, 0.3) is 0 Å². The fraction of sp³-hybridized carbons (Fsp3) is 0.791. The molecule has 258 valence electrons. The van der Waals surface area contributed by atoms with Gasteiger partial charge in [0.05, 0.1) is 0 Å². The summed E-state index contributed by atoms with van der Waals surface area (Å²) < 4.78 is 11.6. The molecule has 0 heterocycles. The molecule has 4 aliphatic carbocycles. The molecule has 4 aliphatic rings. The Morgan fingerprint density at radius 2 is 1.59 bits per heavy atom. The highest BCUT2D eigenvalue weighted by molar-refractivity contribution is 5.64. The summed E-state index contributed by atoms with van der Waals surface area (Å²) in [5.41, 5.74) is 3.67. The molecule has 0 aromatic heterocycles. The van der Waals surface area contributed by atoms with Crippen molar-refractivity contribution in [3.8, 4) is 5.75 Å². The summed E-state index contributed by atoms with van der Waals surface area (Å²) in [5.74, 6) is 5.67. The lowest BCUT2D eigenvalue weighted by Gasteiger charge is -2.58. The van der Waals surface area contributed by atoms with Gasteiger partial charge in [0.15, 0.2) is 0 Å². The van der Waals surface area contributed by atoms with Crippen LogP contribution in [0.1, 0.15) is 163 Å². The number of aryl methyl sites for hydroxylation is 1. The highest BCUT2D eigenvalue weighted by Crippen LogP contribution is 2.67. The zero-order valence-corrected chi connectivity index (χ0v) is 30.6. The van der Waals surface area contributed by atoms with Gasteiger partial charge in [0, 0.05) is 6.42 Å². The van der Waals surface area contributed by atoms with E-state index in [1.165, 1.54) is 102 Å². The number of unbranched alkanes of at least 4 members (excludes halogenated alkanes) is 6. The fourth-order valence-corrected chi connectivity index (χ4v) is 11.0. The zero-order valence-electron chi connectivity index (χ0n) is 30.6. The molecule has 0 spiro atoms. The van der Waals surface area contributed by atoms with Crippen LogP contribution < -0.4 is 4.74 Å². The third kappa shape index (κ3) is 8.26. The Balaban J connectivity index is 1.09. The van der Waals surface area contributed by atoms with Crippen molar-refractivity contribution >= 4 is 6.16 Å². The molecule has 3 saturated carbocycles. The molecule has 0 radical (unpaired) electrons. The van der Waals surface area contributed by atoms with Crippen molar-refractivity contribution in [2.24, 2.45) is 46.3 Å². The number of carbonyl (C=O) groups is 1. The van der Waals surface area contributed by atoms with Gasteiger partial charge >= 0.3 is 6.16 Å².